The topological polar surface area (TPSA) is 51.2 Å². The number of rotatable bonds is 1. The number of amides is 1. The Kier molecular flexibility index (Phi) is 4.15. The molecule has 0 spiro atoms. The van der Waals surface area contributed by atoms with E-state index in [1.54, 1.807) is 26.8 Å². The zero-order valence-corrected chi connectivity index (χ0v) is 11.5. The summed E-state index contributed by atoms with van der Waals surface area (Å²) < 4.78 is 5.69. The molecule has 0 unspecified atom stereocenters. The molecule has 0 aliphatic rings. The molecule has 6 heteroatoms. The van der Waals surface area contributed by atoms with Gasteiger partial charge in [-0.1, -0.05) is 11.6 Å². The highest BCUT2D eigenvalue weighted by Gasteiger charge is 2.17. The maximum Gasteiger partial charge on any atom is 0.413 e. The van der Waals surface area contributed by atoms with Gasteiger partial charge in [0.15, 0.2) is 0 Å². The van der Waals surface area contributed by atoms with Crippen molar-refractivity contribution >= 4 is 39.4 Å². The molecule has 0 aliphatic heterocycles. The molecule has 0 bridgehead atoms. The molecule has 1 rings (SSSR count). The van der Waals surface area contributed by atoms with Crippen LogP contribution < -0.4 is 5.32 Å². The summed E-state index contributed by atoms with van der Waals surface area (Å²) in [5, 5.41) is 3.00. The Balaban J connectivity index is 2.70. The van der Waals surface area contributed by atoms with Crippen LogP contribution in [-0.2, 0) is 4.74 Å². The fourth-order valence-corrected chi connectivity index (χ4v) is 1.64. The molecule has 88 valence electrons. The number of ether oxygens (including phenoxy) is 1. The van der Waals surface area contributed by atoms with E-state index < -0.39 is 11.7 Å². The van der Waals surface area contributed by atoms with Crippen molar-refractivity contribution in [2.24, 2.45) is 0 Å². The third-order valence-corrected chi connectivity index (χ3v) is 2.24. The highest BCUT2D eigenvalue weighted by atomic mass is 79.9. The van der Waals surface area contributed by atoms with Crippen molar-refractivity contribution in [3.63, 3.8) is 0 Å². The smallest absolute Gasteiger partial charge is 0.413 e. The van der Waals surface area contributed by atoms with E-state index in [0.29, 0.717) is 15.3 Å². The minimum Gasteiger partial charge on any atom is -0.444 e. The molecule has 0 aromatic carbocycles. The SMILES string of the molecule is CC(C)(C)OC(=O)Nc1ncc(Cl)cc1Br. The molecule has 0 saturated carbocycles. The summed E-state index contributed by atoms with van der Waals surface area (Å²) in [6.45, 7) is 5.37. The number of pyridine rings is 1. The van der Waals surface area contributed by atoms with E-state index >= 15 is 0 Å². The minimum absolute atomic E-state index is 0.374. The van der Waals surface area contributed by atoms with Crippen LogP contribution >= 0.6 is 27.5 Å². The largest absolute Gasteiger partial charge is 0.444 e. The average molecular weight is 308 g/mol. The lowest BCUT2D eigenvalue weighted by Gasteiger charge is -2.19. The summed E-state index contributed by atoms with van der Waals surface area (Å²) in [7, 11) is 0. The summed E-state index contributed by atoms with van der Waals surface area (Å²) in [5.41, 5.74) is -0.539. The predicted molar refractivity (Wildman–Crippen MR) is 66.8 cm³/mol. The Hall–Kier alpha value is -0.810. The zero-order valence-electron chi connectivity index (χ0n) is 9.17. The van der Waals surface area contributed by atoms with Crippen LogP contribution in [0.2, 0.25) is 5.02 Å². The Morgan fingerprint density at radius 3 is 2.69 bits per heavy atom. The second-order valence-electron chi connectivity index (χ2n) is 4.11. The summed E-state index contributed by atoms with van der Waals surface area (Å²) >= 11 is 8.96. The number of halogens is 2. The van der Waals surface area contributed by atoms with Crippen LogP contribution in [0, 0.1) is 0 Å². The van der Waals surface area contributed by atoms with Gasteiger partial charge in [-0.2, -0.15) is 0 Å². The molecular formula is C10H12BrClN2O2. The van der Waals surface area contributed by atoms with E-state index in [1.165, 1.54) is 6.20 Å². The van der Waals surface area contributed by atoms with Gasteiger partial charge in [0.1, 0.15) is 11.4 Å². The van der Waals surface area contributed by atoms with Crippen LogP contribution in [0.15, 0.2) is 16.7 Å². The number of nitrogens with zero attached hydrogens (tertiary/aromatic N) is 1. The maximum absolute atomic E-state index is 11.4. The van der Waals surface area contributed by atoms with Crippen molar-refractivity contribution in [2.75, 3.05) is 5.32 Å². The number of aromatic nitrogens is 1. The second kappa shape index (κ2) is 5.01. The standard InChI is InChI=1S/C10H12BrClN2O2/c1-10(2,3)16-9(15)14-8-7(11)4-6(12)5-13-8/h4-5H,1-3H3,(H,13,14,15). The summed E-state index contributed by atoms with van der Waals surface area (Å²) in [6.07, 6.45) is 0.891. The molecule has 1 aromatic rings. The molecular weight excluding hydrogens is 295 g/mol. The van der Waals surface area contributed by atoms with Crippen molar-refractivity contribution in [3.8, 4) is 0 Å². The fraction of sp³-hybridized carbons (Fsp3) is 0.400. The Morgan fingerprint density at radius 2 is 2.19 bits per heavy atom. The summed E-state index contributed by atoms with van der Waals surface area (Å²) in [6, 6.07) is 1.64. The lowest BCUT2D eigenvalue weighted by Crippen LogP contribution is -2.27. The van der Waals surface area contributed by atoms with Gasteiger partial charge in [-0.3, -0.25) is 5.32 Å². The third kappa shape index (κ3) is 4.37. The molecule has 0 aliphatic carbocycles. The van der Waals surface area contributed by atoms with Gasteiger partial charge in [-0.05, 0) is 42.8 Å². The lowest BCUT2D eigenvalue weighted by molar-refractivity contribution is 0.0635. The number of anilines is 1. The highest BCUT2D eigenvalue weighted by molar-refractivity contribution is 9.10. The van der Waals surface area contributed by atoms with E-state index in [4.69, 9.17) is 16.3 Å². The molecule has 0 fully saturated rings. The van der Waals surface area contributed by atoms with E-state index in [9.17, 15) is 4.79 Å². The van der Waals surface area contributed by atoms with E-state index in [1.807, 2.05) is 0 Å². The van der Waals surface area contributed by atoms with Crippen LogP contribution in [0.3, 0.4) is 0 Å². The molecule has 0 radical (unpaired) electrons. The monoisotopic (exact) mass is 306 g/mol. The molecule has 1 amide bonds. The fourth-order valence-electron chi connectivity index (χ4n) is 0.907. The van der Waals surface area contributed by atoms with Gasteiger partial charge >= 0.3 is 6.09 Å². The third-order valence-electron chi connectivity index (χ3n) is 1.43. The average Bonchev–Trinajstić information content (AvgIpc) is 2.06. The van der Waals surface area contributed by atoms with Gasteiger partial charge in [0.05, 0.1) is 9.50 Å². The van der Waals surface area contributed by atoms with E-state index in [0.717, 1.165) is 0 Å². The first-order valence-corrected chi connectivity index (χ1v) is 5.76. The first kappa shape index (κ1) is 13.3. The maximum atomic E-state index is 11.4. The second-order valence-corrected chi connectivity index (χ2v) is 5.40. The first-order chi connectivity index (χ1) is 7.28. The van der Waals surface area contributed by atoms with Gasteiger partial charge < -0.3 is 4.74 Å². The Morgan fingerprint density at radius 1 is 1.56 bits per heavy atom. The minimum atomic E-state index is -0.553. The normalized spacial score (nSPS) is 11.1. The number of nitrogens with one attached hydrogen (secondary N) is 1. The zero-order chi connectivity index (χ0) is 12.3. The quantitative estimate of drug-likeness (QED) is 0.857. The van der Waals surface area contributed by atoms with Crippen molar-refractivity contribution in [1.82, 2.24) is 4.98 Å². The number of hydrogen-bond donors (Lipinski definition) is 1. The van der Waals surface area contributed by atoms with Crippen molar-refractivity contribution in [3.05, 3.63) is 21.8 Å². The molecule has 1 aromatic heterocycles. The summed E-state index contributed by atoms with van der Waals surface area (Å²) in [5.74, 6) is 0.374. The van der Waals surface area contributed by atoms with Crippen LogP contribution in [0.5, 0.6) is 0 Å². The molecule has 0 saturated heterocycles. The van der Waals surface area contributed by atoms with Crippen LogP contribution in [0.1, 0.15) is 20.8 Å². The highest BCUT2D eigenvalue weighted by Crippen LogP contribution is 2.23. The lowest BCUT2D eigenvalue weighted by atomic mass is 10.2. The first-order valence-electron chi connectivity index (χ1n) is 4.59. The number of hydrogen-bond acceptors (Lipinski definition) is 3. The Bertz CT molecular complexity index is 404. The summed E-state index contributed by atoms with van der Waals surface area (Å²) in [4.78, 5) is 15.4. The van der Waals surface area contributed by atoms with Gasteiger partial charge in [-0.15, -0.1) is 0 Å². The number of carbonyl (C=O) groups is 1. The van der Waals surface area contributed by atoms with Gasteiger partial charge in [-0.25, -0.2) is 9.78 Å². The molecule has 16 heavy (non-hydrogen) atoms. The van der Waals surface area contributed by atoms with Gasteiger partial charge in [0.2, 0.25) is 0 Å². The predicted octanol–water partition coefficient (Wildman–Crippen LogP) is 3.84. The van der Waals surface area contributed by atoms with Gasteiger partial charge in [0, 0.05) is 6.20 Å². The van der Waals surface area contributed by atoms with Crippen molar-refractivity contribution < 1.29 is 9.53 Å². The molecule has 1 heterocycles. The molecule has 1 N–H and O–H groups in total. The van der Waals surface area contributed by atoms with Gasteiger partial charge in [0.25, 0.3) is 0 Å². The number of carbonyl (C=O) groups excluding carboxylic acids is 1. The van der Waals surface area contributed by atoms with E-state index in [-0.39, 0.29) is 0 Å². The molecule has 0 atom stereocenters. The van der Waals surface area contributed by atoms with Crippen LogP contribution in [0.4, 0.5) is 10.6 Å². The van der Waals surface area contributed by atoms with Crippen LogP contribution in [-0.4, -0.2) is 16.7 Å². The molecule has 4 nitrogen and oxygen atoms in total. The van der Waals surface area contributed by atoms with Crippen LogP contribution in [0.25, 0.3) is 0 Å². The van der Waals surface area contributed by atoms with Crippen molar-refractivity contribution in [2.45, 2.75) is 26.4 Å². The van der Waals surface area contributed by atoms with Crippen molar-refractivity contribution in [1.29, 1.82) is 0 Å². The van der Waals surface area contributed by atoms with E-state index in [2.05, 4.69) is 26.2 Å². The Labute approximate surface area is 107 Å².